The molecule has 136 valence electrons. The summed E-state index contributed by atoms with van der Waals surface area (Å²) in [7, 11) is -3.49. The summed E-state index contributed by atoms with van der Waals surface area (Å²) >= 11 is 0. The van der Waals surface area contributed by atoms with Crippen molar-refractivity contribution in [1.82, 2.24) is 14.6 Å². The van der Waals surface area contributed by atoms with Crippen LogP contribution in [-0.2, 0) is 10.0 Å². The first-order valence-electron chi connectivity index (χ1n) is 8.78. The molecule has 0 atom stereocenters. The first-order chi connectivity index (χ1) is 12.5. The fourth-order valence-corrected chi connectivity index (χ4v) is 5.12. The lowest BCUT2D eigenvalue weighted by Gasteiger charge is -2.27. The van der Waals surface area contributed by atoms with Gasteiger partial charge in [0.1, 0.15) is 6.20 Å². The van der Waals surface area contributed by atoms with Gasteiger partial charge in [-0.25, -0.2) is 17.8 Å². The van der Waals surface area contributed by atoms with Gasteiger partial charge in [-0.2, -0.15) is 4.31 Å². The fourth-order valence-electron chi connectivity index (χ4n) is 3.42. The van der Waals surface area contributed by atoms with Gasteiger partial charge in [-0.3, -0.25) is 0 Å². The maximum Gasteiger partial charge on any atom is 0.287 e. The number of benzene rings is 1. The lowest BCUT2D eigenvalue weighted by atomic mass is 10.1. The van der Waals surface area contributed by atoms with E-state index in [0.29, 0.717) is 31.1 Å². The highest BCUT2D eigenvalue weighted by molar-refractivity contribution is 7.89. The van der Waals surface area contributed by atoms with E-state index in [2.05, 4.69) is 10.3 Å². The molecular formula is C19H23N4O2S+. The maximum absolute atomic E-state index is 13.1. The van der Waals surface area contributed by atoms with E-state index in [4.69, 9.17) is 0 Å². The molecule has 0 radical (unpaired) electrons. The first-order valence-corrected chi connectivity index (χ1v) is 10.2. The Morgan fingerprint density at radius 3 is 2.58 bits per heavy atom. The predicted octanol–water partition coefficient (Wildman–Crippen LogP) is 1.63. The van der Waals surface area contributed by atoms with E-state index >= 15 is 0 Å². The molecule has 6 nitrogen and oxygen atoms in total. The van der Waals surface area contributed by atoms with E-state index in [9.17, 15) is 8.42 Å². The number of nitrogens with one attached hydrogen (secondary N) is 2. The van der Waals surface area contributed by atoms with E-state index in [0.717, 1.165) is 28.0 Å². The van der Waals surface area contributed by atoms with E-state index in [-0.39, 0.29) is 0 Å². The molecule has 4 rings (SSSR count). The molecule has 1 saturated heterocycles. The molecule has 0 saturated carbocycles. The summed E-state index contributed by atoms with van der Waals surface area (Å²) in [6.45, 7) is 6.29. The summed E-state index contributed by atoms with van der Waals surface area (Å²) in [6, 6.07) is 9.67. The van der Waals surface area contributed by atoms with Crippen molar-refractivity contribution in [2.45, 2.75) is 18.7 Å². The van der Waals surface area contributed by atoms with Crippen LogP contribution in [0, 0.1) is 13.8 Å². The van der Waals surface area contributed by atoms with Crippen LogP contribution in [0.4, 0.5) is 0 Å². The number of aryl methyl sites for hydroxylation is 2. The molecule has 1 aromatic carbocycles. The highest BCUT2D eigenvalue weighted by Crippen LogP contribution is 2.26. The monoisotopic (exact) mass is 371 g/mol. The third kappa shape index (κ3) is 2.92. The Bertz CT molecular complexity index is 1070. The number of piperazine rings is 1. The average molecular weight is 371 g/mol. The maximum atomic E-state index is 13.1. The zero-order valence-electron chi connectivity index (χ0n) is 15.0. The zero-order chi connectivity index (χ0) is 18.3. The second kappa shape index (κ2) is 6.50. The molecule has 0 spiro atoms. The molecule has 3 aromatic rings. The summed E-state index contributed by atoms with van der Waals surface area (Å²) in [4.78, 5) is 3.79. The van der Waals surface area contributed by atoms with Gasteiger partial charge in [0, 0.05) is 37.3 Å². The quantitative estimate of drug-likeness (QED) is 0.688. The molecule has 2 aromatic heterocycles. The van der Waals surface area contributed by atoms with Crippen molar-refractivity contribution in [2.24, 2.45) is 0 Å². The summed E-state index contributed by atoms with van der Waals surface area (Å²) in [6.07, 6.45) is 3.98. The number of hydrogen-bond acceptors (Lipinski definition) is 3. The lowest BCUT2D eigenvalue weighted by Crippen LogP contribution is -2.46. The van der Waals surface area contributed by atoms with E-state index < -0.39 is 10.0 Å². The Morgan fingerprint density at radius 2 is 1.85 bits per heavy atom. The number of hydrogen-bond donors (Lipinski definition) is 2. The number of rotatable bonds is 3. The standard InChI is InChI=1S/C19H22N4O2S/c1-14-5-6-16(17-13-22-9-3-4-15(2)19(22)21-17)12-18(14)26(24,25)23-10-7-20-8-11-23/h3-6,9,12-13,20H,7-8,10-11H2,1-2H3/p+1. The lowest BCUT2D eigenvalue weighted by molar-refractivity contribution is -0.509. The molecule has 0 aliphatic carbocycles. The van der Waals surface area contributed by atoms with Crippen molar-refractivity contribution in [3.8, 4) is 11.3 Å². The molecule has 7 heteroatoms. The van der Waals surface area contributed by atoms with Gasteiger partial charge in [-0.1, -0.05) is 12.1 Å². The fraction of sp³-hybridized carbons (Fsp3) is 0.316. The average Bonchev–Trinajstić information content (AvgIpc) is 3.08. The van der Waals surface area contributed by atoms with Gasteiger partial charge in [0.25, 0.3) is 5.65 Å². The van der Waals surface area contributed by atoms with Gasteiger partial charge >= 0.3 is 0 Å². The minimum absolute atomic E-state index is 0.386. The van der Waals surface area contributed by atoms with E-state index in [1.54, 1.807) is 10.4 Å². The smallest absolute Gasteiger partial charge is 0.287 e. The van der Waals surface area contributed by atoms with Crippen LogP contribution in [0.5, 0.6) is 0 Å². The summed E-state index contributed by atoms with van der Waals surface area (Å²) in [5.41, 5.74) is 4.69. The van der Waals surface area contributed by atoms with Gasteiger partial charge in [-0.05, 0) is 37.6 Å². The topological polar surface area (TPSA) is 69.3 Å². The second-order valence-electron chi connectivity index (χ2n) is 6.75. The highest BCUT2D eigenvalue weighted by atomic mass is 32.2. The minimum atomic E-state index is -3.49. The Hall–Kier alpha value is -2.22. The number of fused-ring (bicyclic) bond motifs is 1. The van der Waals surface area contributed by atoms with Crippen LogP contribution in [0.25, 0.3) is 16.9 Å². The molecule has 3 heterocycles. The van der Waals surface area contributed by atoms with E-state index in [1.165, 1.54) is 0 Å². The third-order valence-electron chi connectivity index (χ3n) is 4.94. The molecule has 26 heavy (non-hydrogen) atoms. The third-order valence-corrected chi connectivity index (χ3v) is 6.98. The number of sulfonamides is 1. The number of pyridine rings is 1. The van der Waals surface area contributed by atoms with Crippen molar-refractivity contribution in [3.05, 3.63) is 53.9 Å². The van der Waals surface area contributed by atoms with Crippen LogP contribution in [0.2, 0.25) is 0 Å². The molecule has 0 bridgehead atoms. The largest absolute Gasteiger partial charge is 0.314 e. The van der Waals surface area contributed by atoms with Crippen LogP contribution in [0.1, 0.15) is 11.1 Å². The van der Waals surface area contributed by atoms with Crippen LogP contribution in [0.3, 0.4) is 0 Å². The Labute approximate surface area is 153 Å². The zero-order valence-corrected chi connectivity index (χ0v) is 15.8. The van der Waals surface area contributed by atoms with Crippen molar-refractivity contribution in [1.29, 1.82) is 0 Å². The summed E-state index contributed by atoms with van der Waals surface area (Å²) in [5.74, 6) is 0. The number of H-pyrrole nitrogens is 1. The Balaban J connectivity index is 1.79. The van der Waals surface area contributed by atoms with Crippen LogP contribution in [-0.4, -0.2) is 43.9 Å². The Morgan fingerprint density at radius 1 is 1.08 bits per heavy atom. The SMILES string of the molecule is Cc1ccc(-c2c[n+]3cccc(C)c3[nH]2)cc1S(=O)(=O)N1CCNCC1. The molecule has 1 aliphatic rings. The predicted molar refractivity (Wildman–Crippen MR) is 100 cm³/mol. The summed E-state index contributed by atoms with van der Waals surface area (Å²) in [5, 5.41) is 3.20. The first kappa shape index (κ1) is 17.2. The van der Waals surface area contributed by atoms with Crippen molar-refractivity contribution in [2.75, 3.05) is 26.2 Å². The van der Waals surface area contributed by atoms with Gasteiger partial charge in [0.15, 0.2) is 5.69 Å². The van der Waals surface area contributed by atoms with Gasteiger partial charge < -0.3 is 5.32 Å². The van der Waals surface area contributed by atoms with E-state index in [1.807, 2.05) is 54.9 Å². The molecule has 0 unspecified atom stereocenters. The highest BCUT2D eigenvalue weighted by Gasteiger charge is 2.28. The molecule has 2 N–H and O–H groups in total. The molecule has 1 aliphatic heterocycles. The van der Waals surface area contributed by atoms with Crippen LogP contribution in [0.15, 0.2) is 47.6 Å². The minimum Gasteiger partial charge on any atom is -0.314 e. The molecular weight excluding hydrogens is 348 g/mol. The normalized spacial score (nSPS) is 16.2. The van der Waals surface area contributed by atoms with Crippen molar-refractivity contribution >= 4 is 15.7 Å². The van der Waals surface area contributed by atoms with Gasteiger partial charge in [0.05, 0.1) is 11.1 Å². The van der Waals surface area contributed by atoms with Crippen LogP contribution < -0.4 is 9.72 Å². The van der Waals surface area contributed by atoms with Gasteiger partial charge in [-0.15, -0.1) is 0 Å². The molecule has 1 fully saturated rings. The number of nitrogens with zero attached hydrogens (tertiary/aromatic N) is 2. The molecule has 0 amide bonds. The number of aromatic nitrogens is 2. The van der Waals surface area contributed by atoms with Gasteiger partial charge in [0.2, 0.25) is 10.0 Å². The van der Waals surface area contributed by atoms with Crippen molar-refractivity contribution in [3.63, 3.8) is 0 Å². The Kier molecular flexibility index (Phi) is 4.30. The second-order valence-corrected chi connectivity index (χ2v) is 8.66. The number of aromatic amines is 1. The summed E-state index contributed by atoms with van der Waals surface area (Å²) < 4.78 is 29.8. The van der Waals surface area contributed by atoms with Crippen LogP contribution >= 0.6 is 0 Å². The van der Waals surface area contributed by atoms with Crippen molar-refractivity contribution < 1.29 is 12.8 Å². The number of imidazole rings is 1.